The Bertz CT molecular complexity index is 665. The lowest BCUT2D eigenvalue weighted by Crippen LogP contribution is -2.22. The summed E-state index contributed by atoms with van der Waals surface area (Å²) in [7, 11) is 0. The number of carboxylic acids is 1. The fraction of sp³-hybridized carbons (Fsp3) is 0.176. The Kier molecular flexibility index (Phi) is 4.72. The molecular weight excluding hydrogens is 266 g/mol. The van der Waals surface area contributed by atoms with Crippen molar-refractivity contribution < 1.29 is 14.7 Å². The molecule has 0 radical (unpaired) electrons. The number of rotatable bonds is 5. The lowest BCUT2D eigenvalue weighted by molar-refractivity contribution is -0.136. The highest BCUT2D eigenvalue weighted by atomic mass is 16.4. The monoisotopic (exact) mass is 283 g/mol. The minimum atomic E-state index is -0.858. The van der Waals surface area contributed by atoms with Gasteiger partial charge in [-0.1, -0.05) is 36.4 Å². The largest absolute Gasteiger partial charge is 0.481 e. The number of carbonyl (C=O) groups excluding carboxylic acids is 1. The molecule has 0 bridgehead atoms. The van der Waals surface area contributed by atoms with Gasteiger partial charge in [0.25, 0.3) is 5.91 Å². The van der Waals surface area contributed by atoms with E-state index in [-0.39, 0.29) is 12.3 Å². The molecule has 0 saturated heterocycles. The first-order valence-electron chi connectivity index (χ1n) is 6.79. The van der Waals surface area contributed by atoms with Crippen LogP contribution in [0, 0.1) is 0 Å². The fourth-order valence-electron chi connectivity index (χ4n) is 2.14. The summed E-state index contributed by atoms with van der Waals surface area (Å²) in [6.07, 6.45) is -0.0101. The van der Waals surface area contributed by atoms with E-state index in [0.717, 1.165) is 16.7 Å². The Morgan fingerprint density at radius 1 is 1.05 bits per heavy atom. The standard InChI is InChI=1S/C17H17NO3/c1-2-18-17(21)15-8-4-7-14(11-15)13-6-3-5-12(9-13)10-16(19)20/h3-9,11H,2,10H2,1H3,(H,18,21)(H,19,20). The topological polar surface area (TPSA) is 66.4 Å². The highest BCUT2D eigenvalue weighted by molar-refractivity contribution is 5.95. The van der Waals surface area contributed by atoms with Crippen LogP contribution in [0.5, 0.6) is 0 Å². The van der Waals surface area contributed by atoms with Gasteiger partial charge in [-0.2, -0.15) is 0 Å². The van der Waals surface area contributed by atoms with Crippen molar-refractivity contribution in [3.8, 4) is 11.1 Å². The molecule has 2 N–H and O–H groups in total. The summed E-state index contributed by atoms with van der Waals surface area (Å²) >= 11 is 0. The summed E-state index contributed by atoms with van der Waals surface area (Å²) in [6.45, 7) is 2.45. The van der Waals surface area contributed by atoms with Crippen LogP contribution in [0.4, 0.5) is 0 Å². The van der Waals surface area contributed by atoms with Gasteiger partial charge in [0.2, 0.25) is 0 Å². The van der Waals surface area contributed by atoms with Gasteiger partial charge in [-0.15, -0.1) is 0 Å². The molecule has 21 heavy (non-hydrogen) atoms. The Morgan fingerprint density at radius 2 is 1.71 bits per heavy atom. The van der Waals surface area contributed by atoms with Gasteiger partial charge in [0, 0.05) is 12.1 Å². The molecule has 0 aliphatic carbocycles. The molecule has 2 rings (SSSR count). The fourth-order valence-corrected chi connectivity index (χ4v) is 2.14. The quantitative estimate of drug-likeness (QED) is 0.886. The van der Waals surface area contributed by atoms with E-state index in [1.54, 1.807) is 12.1 Å². The highest BCUT2D eigenvalue weighted by Crippen LogP contribution is 2.22. The average Bonchev–Trinajstić information content (AvgIpc) is 2.47. The Balaban J connectivity index is 2.31. The Hall–Kier alpha value is -2.62. The zero-order valence-corrected chi connectivity index (χ0v) is 11.8. The summed E-state index contributed by atoms with van der Waals surface area (Å²) in [5.74, 6) is -0.968. The third-order valence-corrected chi connectivity index (χ3v) is 3.08. The second-order valence-corrected chi connectivity index (χ2v) is 4.71. The van der Waals surface area contributed by atoms with E-state index in [1.165, 1.54) is 0 Å². The molecule has 4 heteroatoms. The molecule has 108 valence electrons. The molecule has 0 atom stereocenters. The van der Waals surface area contributed by atoms with Gasteiger partial charge in [0.05, 0.1) is 6.42 Å². The number of hydrogen-bond donors (Lipinski definition) is 2. The predicted molar refractivity (Wildman–Crippen MR) is 81.2 cm³/mol. The molecule has 2 aromatic carbocycles. The number of benzene rings is 2. The molecular formula is C17H17NO3. The highest BCUT2D eigenvalue weighted by Gasteiger charge is 2.07. The first-order chi connectivity index (χ1) is 10.1. The van der Waals surface area contributed by atoms with E-state index in [9.17, 15) is 9.59 Å². The summed E-state index contributed by atoms with van der Waals surface area (Å²) in [5, 5.41) is 11.6. The third-order valence-electron chi connectivity index (χ3n) is 3.08. The van der Waals surface area contributed by atoms with Gasteiger partial charge in [-0.25, -0.2) is 0 Å². The zero-order chi connectivity index (χ0) is 15.2. The van der Waals surface area contributed by atoms with Crippen LogP contribution in [0.2, 0.25) is 0 Å². The number of aliphatic carboxylic acids is 1. The molecule has 1 amide bonds. The van der Waals surface area contributed by atoms with Crippen LogP contribution in [0.15, 0.2) is 48.5 Å². The normalized spacial score (nSPS) is 10.1. The Labute approximate surface area is 123 Å². The number of nitrogens with one attached hydrogen (secondary N) is 1. The molecule has 0 fully saturated rings. The van der Waals surface area contributed by atoms with Gasteiger partial charge >= 0.3 is 5.97 Å². The molecule has 0 unspecified atom stereocenters. The summed E-state index contributed by atoms with van der Waals surface area (Å²) in [6, 6.07) is 14.7. The summed E-state index contributed by atoms with van der Waals surface area (Å²) in [5.41, 5.74) is 3.13. The minimum absolute atomic E-state index is 0.0101. The van der Waals surface area contributed by atoms with Crippen LogP contribution in [-0.2, 0) is 11.2 Å². The zero-order valence-electron chi connectivity index (χ0n) is 11.8. The SMILES string of the molecule is CCNC(=O)c1cccc(-c2cccc(CC(=O)O)c2)c1. The number of carboxylic acid groups (broad SMARTS) is 1. The summed E-state index contributed by atoms with van der Waals surface area (Å²) in [4.78, 5) is 22.6. The van der Waals surface area contributed by atoms with E-state index < -0.39 is 5.97 Å². The average molecular weight is 283 g/mol. The van der Waals surface area contributed by atoms with Crippen LogP contribution in [0.25, 0.3) is 11.1 Å². The van der Waals surface area contributed by atoms with Crippen LogP contribution in [0.3, 0.4) is 0 Å². The second-order valence-electron chi connectivity index (χ2n) is 4.71. The van der Waals surface area contributed by atoms with E-state index in [1.807, 2.05) is 43.3 Å². The van der Waals surface area contributed by atoms with Crippen LogP contribution >= 0.6 is 0 Å². The van der Waals surface area contributed by atoms with Crippen molar-refractivity contribution in [3.05, 3.63) is 59.7 Å². The molecule has 0 heterocycles. The molecule has 0 spiro atoms. The maximum Gasteiger partial charge on any atom is 0.307 e. The van der Waals surface area contributed by atoms with Crippen molar-refractivity contribution in [1.82, 2.24) is 5.32 Å². The maximum atomic E-state index is 11.9. The van der Waals surface area contributed by atoms with Gasteiger partial charge in [-0.3, -0.25) is 9.59 Å². The van der Waals surface area contributed by atoms with E-state index in [4.69, 9.17) is 5.11 Å². The van der Waals surface area contributed by atoms with E-state index >= 15 is 0 Å². The molecule has 2 aromatic rings. The smallest absolute Gasteiger partial charge is 0.307 e. The Morgan fingerprint density at radius 3 is 2.38 bits per heavy atom. The van der Waals surface area contributed by atoms with Gasteiger partial charge in [0.1, 0.15) is 0 Å². The maximum absolute atomic E-state index is 11.9. The van der Waals surface area contributed by atoms with Crippen molar-refractivity contribution in [3.63, 3.8) is 0 Å². The van der Waals surface area contributed by atoms with Crippen molar-refractivity contribution in [2.24, 2.45) is 0 Å². The second kappa shape index (κ2) is 6.70. The first-order valence-corrected chi connectivity index (χ1v) is 6.79. The van der Waals surface area contributed by atoms with Crippen molar-refractivity contribution in [2.45, 2.75) is 13.3 Å². The van der Waals surface area contributed by atoms with Crippen molar-refractivity contribution >= 4 is 11.9 Å². The van der Waals surface area contributed by atoms with E-state index in [2.05, 4.69) is 5.32 Å². The van der Waals surface area contributed by atoms with Gasteiger partial charge in [-0.05, 0) is 35.7 Å². The molecule has 0 aliphatic rings. The molecule has 0 aliphatic heterocycles. The van der Waals surface area contributed by atoms with Gasteiger partial charge in [0.15, 0.2) is 0 Å². The van der Waals surface area contributed by atoms with Crippen molar-refractivity contribution in [1.29, 1.82) is 0 Å². The number of amides is 1. The number of hydrogen-bond acceptors (Lipinski definition) is 2. The predicted octanol–water partition coefficient (Wildman–Crippen LogP) is 2.73. The minimum Gasteiger partial charge on any atom is -0.481 e. The summed E-state index contributed by atoms with van der Waals surface area (Å²) < 4.78 is 0. The van der Waals surface area contributed by atoms with Crippen LogP contribution in [0.1, 0.15) is 22.8 Å². The lowest BCUT2D eigenvalue weighted by Gasteiger charge is -2.07. The van der Waals surface area contributed by atoms with Crippen molar-refractivity contribution in [2.75, 3.05) is 6.54 Å². The molecule has 0 saturated carbocycles. The third kappa shape index (κ3) is 3.92. The van der Waals surface area contributed by atoms with Crippen LogP contribution in [-0.4, -0.2) is 23.5 Å². The number of carbonyl (C=O) groups is 2. The van der Waals surface area contributed by atoms with Gasteiger partial charge < -0.3 is 10.4 Å². The molecule has 4 nitrogen and oxygen atoms in total. The van der Waals surface area contributed by atoms with Crippen LogP contribution < -0.4 is 5.32 Å². The molecule has 0 aromatic heterocycles. The lowest BCUT2D eigenvalue weighted by atomic mass is 10.00. The van der Waals surface area contributed by atoms with E-state index in [0.29, 0.717) is 12.1 Å². The first kappa shape index (κ1) is 14.8.